The van der Waals surface area contributed by atoms with Crippen molar-refractivity contribution in [3.8, 4) is 0 Å². The molecule has 6 saturated heterocycles. The van der Waals surface area contributed by atoms with Crippen LogP contribution in [0.5, 0.6) is 0 Å². The lowest BCUT2D eigenvalue weighted by molar-refractivity contribution is -0.360. The average Bonchev–Trinajstić information content (AvgIpc) is 1.38. The van der Waals surface area contributed by atoms with Crippen LogP contribution in [-0.2, 0) is 94.9 Å². The summed E-state index contributed by atoms with van der Waals surface area (Å²) in [6.07, 6.45) is -12.3. The number of ketones is 1. The summed E-state index contributed by atoms with van der Waals surface area (Å²) < 4.78 is 114. The third-order valence-corrected chi connectivity index (χ3v) is 23.9. The summed E-state index contributed by atoms with van der Waals surface area (Å²) in [5.74, 6) is -1.85. The number of hydrogen-bond acceptors (Lipinski definition) is 27. The molecule has 33 unspecified atom stereocenters. The number of carbonyl (C=O) groups excluding carboxylic acids is 2. The molecule has 6 aliphatic heterocycles. The van der Waals surface area contributed by atoms with E-state index in [1.54, 1.807) is 48.4 Å². The molecule has 4 aliphatic carbocycles. The molecular weight excluding hydrogens is 1280 g/mol. The maximum Gasteiger partial charge on any atom is 0.331 e. The van der Waals surface area contributed by atoms with Crippen LogP contribution in [0.4, 0.5) is 0 Å². The Morgan fingerprint density at radius 1 is 0.561 bits per heavy atom. The van der Waals surface area contributed by atoms with Gasteiger partial charge in [0.2, 0.25) is 0 Å². The Bertz CT molecular complexity index is 2890. The molecule has 0 bridgehead atoms. The van der Waals surface area contributed by atoms with Gasteiger partial charge in [-0.05, 0) is 110 Å². The van der Waals surface area contributed by atoms with E-state index in [1.165, 1.54) is 20.1 Å². The van der Waals surface area contributed by atoms with Crippen LogP contribution in [0.2, 0.25) is 0 Å². The molecule has 27 heteroatoms. The third-order valence-electron chi connectivity index (χ3n) is 23.9. The van der Waals surface area contributed by atoms with E-state index in [4.69, 9.17) is 85.3 Å². The van der Waals surface area contributed by atoms with Gasteiger partial charge in [0.1, 0.15) is 77.8 Å². The molecular formula is C71H108O27. The van der Waals surface area contributed by atoms with Gasteiger partial charge in [-0.1, -0.05) is 48.9 Å². The number of methoxy groups -OCH3 is 5. The fourth-order valence-corrected chi connectivity index (χ4v) is 18.2. The Balaban J connectivity index is 0.655. The van der Waals surface area contributed by atoms with Crippen LogP contribution in [0, 0.1) is 16.7 Å². The monoisotopic (exact) mass is 1390 g/mol. The maximum atomic E-state index is 13.7. The molecule has 1 aromatic carbocycles. The first-order valence-electron chi connectivity index (χ1n) is 35.1. The van der Waals surface area contributed by atoms with E-state index in [-0.39, 0.29) is 38.2 Å². The molecule has 0 aromatic heterocycles. The van der Waals surface area contributed by atoms with Gasteiger partial charge < -0.3 is 121 Å². The smallest absolute Gasteiger partial charge is 0.331 e. The average molecular weight is 1390 g/mol. The van der Waals surface area contributed by atoms with Gasteiger partial charge in [0.25, 0.3) is 0 Å². The zero-order chi connectivity index (χ0) is 70.6. The summed E-state index contributed by atoms with van der Waals surface area (Å²) in [6.45, 7) is 13.7. The quantitative estimate of drug-likeness (QED) is 0.0495. The lowest BCUT2D eigenvalue weighted by Crippen LogP contribution is -2.78. The number of aliphatic hydroxyl groups excluding tert-OH is 4. The Morgan fingerprint density at radius 2 is 1.00 bits per heavy atom. The number of aliphatic hydroxyl groups is 7. The van der Waals surface area contributed by atoms with E-state index in [0.29, 0.717) is 44.9 Å². The van der Waals surface area contributed by atoms with E-state index in [1.807, 2.05) is 64.1 Å². The highest BCUT2D eigenvalue weighted by atomic mass is 16.8. The van der Waals surface area contributed by atoms with Crippen molar-refractivity contribution in [2.75, 3.05) is 42.2 Å². The zero-order valence-electron chi connectivity index (χ0n) is 58.8. The molecule has 9 fully saturated rings. The molecule has 0 spiro atoms. The van der Waals surface area contributed by atoms with Gasteiger partial charge >= 0.3 is 5.97 Å². The number of fused-ring (bicyclic) bond motifs is 5. The van der Waals surface area contributed by atoms with Crippen molar-refractivity contribution >= 4 is 17.8 Å². The van der Waals surface area contributed by atoms with Crippen LogP contribution in [0.1, 0.15) is 138 Å². The first kappa shape index (κ1) is 76.0. The van der Waals surface area contributed by atoms with Crippen molar-refractivity contribution in [1.82, 2.24) is 0 Å². The van der Waals surface area contributed by atoms with Crippen LogP contribution >= 0.6 is 0 Å². The van der Waals surface area contributed by atoms with E-state index in [9.17, 15) is 45.3 Å². The topological polar surface area (TPSA) is 342 Å². The number of rotatable bonds is 22. The third kappa shape index (κ3) is 14.3. The van der Waals surface area contributed by atoms with Gasteiger partial charge in [0.05, 0.1) is 79.2 Å². The predicted octanol–water partition coefficient (Wildman–Crippen LogP) is 3.59. The summed E-state index contributed by atoms with van der Waals surface area (Å²) in [4.78, 5) is 27.1. The van der Waals surface area contributed by atoms with Crippen molar-refractivity contribution in [3.05, 3.63) is 53.6 Å². The highest BCUT2D eigenvalue weighted by Crippen LogP contribution is 2.71. The SMILES string of the molecule is COC1CC(OC2CCC3(C)C(=CCC4(O)C3CC(OC(=O)C=Cc3ccccc3)C3(C)C(O)(C(C)=O)CCC43O)C2)OC(C)C1OC1CC(OC)C(OC2CC(OC)C(OC3CC(OC)C(OC4CC(OC)C(OC5OC(CO)C(O)C(O)C5O)C(C)O4)C(C)O3)C(C)O2)C(C)O1. The molecule has 27 nitrogen and oxygen atoms in total. The number of esters is 1. The Labute approximate surface area is 574 Å². The second kappa shape index (κ2) is 30.9. The van der Waals surface area contributed by atoms with Gasteiger partial charge in [-0.3, -0.25) is 4.79 Å². The number of carbonyl (C=O) groups is 2. The van der Waals surface area contributed by atoms with E-state index in [0.717, 1.165) is 11.1 Å². The van der Waals surface area contributed by atoms with Gasteiger partial charge in [0, 0.05) is 79.6 Å². The molecule has 98 heavy (non-hydrogen) atoms. The Kier molecular flexibility index (Phi) is 24.0. The largest absolute Gasteiger partial charge is 0.458 e. The highest BCUT2D eigenvalue weighted by molar-refractivity contribution is 5.89. The van der Waals surface area contributed by atoms with Gasteiger partial charge in [-0.15, -0.1) is 0 Å². The zero-order valence-corrected chi connectivity index (χ0v) is 58.8. The molecule has 0 radical (unpaired) electrons. The van der Waals surface area contributed by atoms with Crippen LogP contribution in [0.15, 0.2) is 48.1 Å². The minimum absolute atomic E-state index is 0.0654. The predicted molar refractivity (Wildman–Crippen MR) is 343 cm³/mol. The molecule has 7 N–H and O–H groups in total. The summed E-state index contributed by atoms with van der Waals surface area (Å²) in [7, 11) is 7.98. The lowest BCUT2D eigenvalue weighted by Gasteiger charge is -2.67. The maximum absolute atomic E-state index is 13.7. The van der Waals surface area contributed by atoms with Crippen molar-refractivity contribution in [2.24, 2.45) is 16.7 Å². The minimum Gasteiger partial charge on any atom is -0.458 e. The molecule has 10 aliphatic rings. The van der Waals surface area contributed by atoms with E-state index in [2.05, 4.69) is 6.92 Å². The molecule has 0 amide bonds. The fourth-order valence-electron chi connectivity index (χ4n) is 18.2. The second-order valence-electron chi connectivity index (χ2n) is 29.3. The van der Waals surface area contributed by atoms with Crippen molar-refractivity contribution < 1.29 is 131 Å². The summed E-state index contributed by atoms with van der Waals surface area (Å²) in [6, 6.07) is 9.28. The molecule has 6 heterocycles. The van der Waals surface area contributed by atoms with Gasteiger partial charge in [-0.2, -0.15) is 0 Å². The van der Waals surface area contributed by atoms with Crippen LogP contribution < -0.4 is 0 Å². The first-order valence-corrected chi connectivity index (χ1v) is 35.1. The summed E-state index contributed by atoms with van der Waals surface area (Å²) >= 11 is 0. The Hall–Kier alpha value is -3.12. The van der Waals surface area contributed by atoms with Crippen LogP contribution in [-0.4, -0.2) is 272 Å². The van der Waals surface area contributed by atoms with Crippen molar-refractivity contribution in [1.29, 1.82) is 0 Å². The summed E-state index contributed by atoms with van der Waals surface area (Å²) in [5, 5.41) is 79.3. The fraction of sp³-hybridized carbons (Fsp3) is 0.831. The lowest BCUT2D eigenvalue weighted by atomic mass is 9.42. The molecule has 554 valence electrons. The second-order valence-corrected chi connectivity index (χ2v) is 29.3. The Morgan fingerprint density at radius 3 is 1.43 bits per heavy atom. The van der Waals surface area contributed by atoms with E-state index >= 15 is 0 Å². The highest BCUT2D eigenvalue weighted by Gasteiger charge is 2.81. The summed E-state index contributed by atoms with van der Waals surface area (Å²) in [5.41, 5.74) is -6.38. The molecule has 3 saturated carbocycles. The standard InChI is InChI=1S/C71H108O27/c1-35-61(44(81-9)28-53(86-35)91-43-22-23-67(7)42(27-43)21-24-70(79)50(67)33-51(93-52(74)20-19-41-17-15-14-16-18-41)68(8)69(78,40(6)73)25-26-71(68,70)80)94-54-29-45(82-10)62(36(2)87-54)95-55-30-46(83-11)63(37(3)88-55)96-56-31-47(84-12)64(38(4)89-56)97-57-32-48(85-13)65(39(5)90-57)98-66-60(77)59(76)58(75)49(34-72)92-66/h14-21,35-39,43-51,53-66,72,75-80H,22-34H2,1-13H3. The van der Waals surface area contributed by atoms with Gasteiger partial charge in [-0.25, -0.2) is 4.79 Å². The van der Waals surface area contributed by atoms with E-state index < -0.39 is 212 Å². The number of hydrogen-bond donors (Lipinski definition) is 7. The van der Waals surface area contributed by atoms with Crippen molar-refractivity contribution in [3.63, 3.8) is 0 Å². The molecule has 1 aromatic rings. The van der Waals surface area contributed by atoms with Crippen LogP contribution in [0.3, 0.4) is 0 Å². The molecule has 11 rings (SSSR count). The minimum atomic E-state index is -2.07. The molecule has 33 atom stereocenters. The number of Topliss-reactive ketones (excluding diaryl/α,β-unsaturated/α-hetero) is 1. The number of benzene rings is 1. The number of ether oxygens (including phenoxy) is 18. The van der Waals surface area contributed by atoms with Gasteiger partial charge in [0.15, 0.2) is 43.5 Å². The van der Waals surface area contributed by atoms with Crippen LogP contribution in [0.25, 0.3) is 6.08 Å². The first-order chi connectivity index (χ1) is 46.6. The van der Waals surface area contributed by atoms with Crippen molar-refractivity contribution in [2.45, 2.75) is 315 Å². The normalized spacial score (nSPS) is 49.1.